The molecule has 0 fully saturated rings. The van der Waals surface area contributed by atoms with Crippen molar-refractivity contribution in [2.75, 3.05) is 14.2 Å². The first-order valence-electron chi connectivity index (χ1n) is 5.10. The first-order chi connectivity index (χ1) is 7.74. The second kappa shape index (κ2) is 4.78. The highest BCUT2D eigenvalue weighted by Gasteiger charge is 2.25. The number of hydrogen-bond donors (Lipinski definition) is 0. The molecule has 16 heavy (non-hydrogen) atoms. The van der Waals surface area contributed by atoms with Gasteiger partial charge in [-0.2, -0.15) is 0 Å². The van der Waals surface area contributed by atoms with E-state index in [4.69, 9.17) is 9.47 Å². The van der Waals surface area contributed by atoms with Crippen LogP contribution in [0, 0.1) is 0 Å². The molecule has 0 aliphatic carbocycles. The maximum absolute atomic E-state index is 11.4. The van der Waals surface area contributed by atoms with E-state index in [0.717, 1.165) is 17.9 Å². The van der Waals surface area contributed by atoms with E-state index in [-0.39, 0.29) is 11.2 Å². The Kier molecular flexibility index (Phi) is 3.39. The van der Waals surface area contributed by atoms with Crippen LogP contribution in [0.5, 0.6) is 5.75 Å². The number of benzene rings is 1. The fraction of sp³-hybridized carbons (Fsp3) is 0.417. The highest BCUT2D eigenvalue weighted by molar-refractivity contribution is 7.99. The molecule has 0 saturated heterocycles. The molecule has 1 aromatic carbocycles. The molecule has 0 bridgehead atoms. The molecule has 0 radical (unpaired) electrons. The highest BCUT2D eigenvalue weighted by Crippen LogP contribution is 2.32. The van der Waals surface area contributed by atoms with Gasteiger partial charge in [0.15, 0.2) is 0 Å². The van der Waals surface area contributed by atoms with Gasteiger partial charge in [0, 0.05) is 5.75 Å². The Morgan fingerprint density at radius 2 is 2.19 bits per heavy atom. The van der Waals surface area contributed by atoms with E-state index < -0.39 is 0 Å². The van der Waals surface area contributed by atoms with Gasteiger partial charge >= 0.3 is 5.97 Å². The second-order valence-electron chi connectivity index (χ2n) is 3.66. The van der Waals surface area contributed by atoms with Gasteiger partial charge in [0.25, 0.3) is 0 Å². The zero-order valence-electron chi connectivity index (χ0n) is 9.36. The summed E-state index contributed by atoms with van der Waals surface area (Å²) in [4.78, 5) is 11.4. The van der Waals surface area contributed by atoms with E-state index in [1.807, 2.05) is 18.2 Å². The van der Waals surface area contributed by atoms with Crippen molar-refractivity contribution in [1.82, 2.24) is 0 Å². The summed E-state index contributed by atoms with van der Waals surface area (Å²) in [6.07, 6.45) is 0.747. The SMILES string of the molecule is COC(=O)C1Cc2ccc(OC)cc2CS1. The number of carbonyl (C=O) groups excluding carboxylic acids is 1. The fourth-order valence-corrected chi connectivity index (χ4v) is 2.97. The van der Waals surface area contributed by atoms with Crippen LogP contribution >= 0.6 is 11.8 Å². The number of esters is 1. The summed E-state index contributed by atoms with van der Waals surface area (Å²) in [5.74, 6) is 1.58. The van der Waals surface area contributed by atoms with E-state index in [9.17, 15) is 4.79 Å². The summed E-state index contributed by atoms with van der Waals surface area (Å²) >= 11 is 1.63. The van der Waals surface area contributed by atoms with Crippen molar-refractivity contribution in [3.8, 4) is 5.75 Å². The van der Waals surface area contributed by atoms with Crippen LogP contribution in [0.2, 0.25) is 0 Å². The third-order valence-electron chi connectivity index (χ3n) is 2.72. The quantitative estimate of drug-likeness (QED) is 0.738. The van der Waals surface area contributed by atoms with Gasteiger partial charge in [-0.1, -0.05) is 6.07 Å². The molecular weight excluding hydrogens is 224 g/mol. The molecule has 0 spiro atoms. The first kappa shape index (κ1) is 11.3. The summed E-state index contributed by atoms with van der Waals surface area (Å²) in [5.41, 5.74) is 2.47. The minimum atomic E-state index is -0.133. The maximum atomic E-state index is 11.4. The van der Waals surface area contributed by atoms with Crippen molar-refractivity contribution in [2.24, 2.45) is 0 Å². The number of thioether (sulfide) groups is 1. The molecule has 3 nitrogen and oxygen atoms in total. The van der Waals surface area contributed by atoms with Gasteiger partial charge in [-0.25, -0.2) is 0 Å². The highest BCUT2D eigenvalue weighted by atomic mass is 32.2. The van der Waals surface area contributed by atoms with Gasteiger partial charge in [0.1, 0.15) is 11.0 Å². The van der Waals surface area contributed by atoms with Gasteiger partial charge in [-0.3, -0.25) is 4.79 Å². The smallest absolute Gasteiger partial charge is 0.319 e. The lowest BCUT2D eigenvalue weighted by Gasteiger charge is -2.22. The molecule has 1 atom stereocenters. The van der Waals surface area contributed by atoms with Gasteiger partial charge in [-0.05, 0) is 29.7 Å². The molecule has 1 aliphatic heterocycles. The predicted molar refractivity (Wildman–Crippen MR) is 63.8 cm³/mol. The Labute approximate surface area is 99.1 Å². The fourth-order valence-electron chi connectivity index (χ4n) is 1.79. The van der Waals surface area contributed by atoms with Crippen LogP contribution in [0.25, 0.3) is 0 Å². The molecule has 86 valence electrons. The number of rotatable bonds is 2. The molecule has 1 heterocycles. The molecule has 2 rings (SSSR count). The van der Waals surface area contributed by atoms with E-state index in [2.05, 4.69) is 0 Å². The minimum absolute atomic E-state index is 0.0640. The van der Waals surface area contributed by atoms with E-state index >= 15 is 0 Å². The van der Waals surface area contributed by atoms with Gasteiger partial charge in [-0.15, -0.1) is 11.8 Å². The summed E-state index contributed by atoms with van der Waals surface area (Å²) in [6, 6.07) is 6.00. The lowest BCUT2D eigenvalue weighted by molar-refractivity contribution is -0.139. The monoisotopic (exact) mass is 238 g/mol. The Bertz CT molecular complexity index is 403. The molecule has 1 unspecified atom stereocenters. The summed E-state index contributed by atoms with van der Waals surface area (Å²) in [7, 11) is 3.10. The zero-order valence-corrected chi connectivity index (χ0v) is 10.2. The standard InChI is InChI=1S/C12H14O3S/c1-14-10-4-3-8-6-11(12(13)15-2)16-7-9(8)5-10/h3-5,11H,6-7H2,1-2H3. The lowest BCUT2D eigenvalue weighted by atomic mass is 10.0. The zero-order chi connectivity index (χ0) is 11.5. The van der Waals surface area contributed by atoms with Crippen LogP contribution in [-0.2, 0) is 21.7 Å². The number of hydrogen-bond acceptors (Lipinski definition) is 4. The summed E-state index contributed by atoms with van der Waals surface area (Å²) in [5, 5.41) is -0.0640. The Morgan fingerprint density at radius 1 is 1.38 bits per heavy atom. The van der Waals surface area contributed by atoms with Gasteiger partial charge in [0.2, 0.25) is 0 Å². The largest absolute Gasteiger partial charge is 0.497 e. The Hall–Kier alpha value is -1.16. The minimum Gasteiger partial charge on any atom is -0.497 e. The van der Waals surface area contributed by atoms with Crippen LogP contribution in [-0.4, -0.2) is 25.4 Å². The number of carbonyl (C=O) groups is 1. The van der Waals surface area contributed by atoms with Crippen LogP contribution in [0.15, 0.2) is 18.2 Å². The van der Waals surface area contributed by atoms with Gasteiger partial charge in [0.05, 0.1) is 14.2 Å². The number of fused-ring (bicyclic) bond motifs is 1. The van der Waals surface area contributed by atoms with E-state index in [1.165, 1.54) is 18.2 Å². The summed E-state index contributed by atoms with van der Waals surface area (Å²) in [6.45, 7) is 0. The number of ether oxygens (including phenoxy) is 2. The predicted octanol–water partition coefficient (Wildman–Crippen LogP) is 2.03. The van der Waals surface area contributed by atoms with E-state index in [1.54, 1.807) is 18.9 Å². The molecule has 1 aliphatic rings. The Morgan fingerprint density at radius 3 is 2.88 bits per heavy atom. The average Bonchev–Trinajstić information content (AvgIpc) is 2.36. The average molecular weight is 238 g/mol. The third-order valence-corrected chi connectivity index (χ3v) is 3.96. The second-order valence-corrected chi connectivity index (χ2v) is 4.85. The Balaban J connectivity index is 2.18. The van der Waals surface area contributed by atoms with Crippen LogP contribution in [0.1, 0.15) is 11.1 Å². The van der Waals surface area contributed by atoms with Crippen LogP contribution in [0.3, 0.4) is 0 Å². The lowest BCUT2D eigenvalue weighted by Crippen LogP contribution is -2.25. The normalized spacial score (nSPS) is 18.8. The maximum Gasteiger partial charge on any atom is 0.319 e. The van der Waals surface area contributed by atoms with Crippen LogP contribution in [0.4, 0.5) is 0 Å². The van der Waals surface area contributed by atoms with Crippen molar-refractivity contribution in [3.63, 3.8) is 0 Å². The van der Waals surface area contributed by atoms with Crippen molar-refractivity contribution < 1.29 is 14.3 Å². The third kappa shape index (κ3) is 2.16. The molecule has 0 saturated carbocycles. The molecule has 1 aromatic rings. The van der Waals surface area contributed by atoms with Crippen molar-refractivity contribution in [1.29, 1.82) is 0 Å². The van der Waals surface area contributed by atoms with Crippen LogP contribution < -0.4 is 4.74 Å². The topological polar surface area (TPSA) is 35.5 Å². The van der Waals surface area contributed by atoms with Crippen molar-refractivity contribution >= 4 is 17.7 Å². The van der Waals surface area contributed by atoms with Crippen molar-refractivity contribution in [2.45, 2.75) is 17.4 Å². The van der Waals surface area contributed by atoms with Gasteiger partial charge < -0.3 is 9.47 Å². The molecular formula is C12H14O3S. The molecule has 0 amide bonds. The molecule has 0 aromatic heterocycles. The first-order valence-corrected chi connectivity index (χ1v) is 6.14. The van der Waals surface area contributed by atoms with E-state index in [0.29, 0.717) is 0 Å². The number of methoxy groups -OCH3 is 2. The molecule has 4 heteroatoms. The van der Waals surface area contributed by atoms with Crippen molar-refractivity contribution in [3.05, 3.63) is 29.3 Å². The molecule has 0 N–H and O–H groups in total. The summed E-state index contributed by atoms with van der Waals surface area (Å²) < 4.78 is 9.94.